The van der Waals surface area contributed by atoms with Crippen LogP contribution in [-0.2, 0) is 19.4 Å². The number of benzene rings is 1. The second kappa shape index (κ2) is 8.33. The number of carbonyl (C=O) groups is 2. The minimum atomic E-state index is -2.99. The van der Waals surface area contributed by atoms with Gasteiger partial charge in [0.2, 0.25) is 11.8 Å². The quantitative estimate of drug-likeness (QED) is 0.801. The summed E-state index contributed by atoms with van der Waals surface area (Å²) in [5.74, 6) is -0.0409. The Morgan fingerprint density at radius 3 is 2.48 bits per heavy atom. The lowest BCUT2D eigenvalue weighted by atomic mass is 10.0. The summed E-state index contributed by atoms with van der Waals surface area (Å²) >= 11 is 0. The van der Waals surface area contributed by atoms with E-state index in [9.17, 15) is 18.0 Å². The maximum Gasteiger partial charge on any atom is 0.227 e. The molecule has 1 aromatic carbocycles. The molecular formula is C17H24N2O5S. The van der Waals surface area contributed by atoms with Gasteiger partial charge in [-0.15, -0.1) is 0 Å². The van der Waals surface area contributed by atoms with Gasteiger partial charge < -0.3 is 15.4 Å². The van der Waals surface area contributed by atoms with E-state index in [1.54, 1.807) is 18.2 Å². The van der Waals surface area contributed by atoms with Gasteiger partial charge in [0.05, 0.1) is 24.3 Å². The Hall–Kier alpha value is -2.09. The van der Waals surface area contributed by atoms with Crippen molar-refractivity contribution in [3.63, 3.8) is 0 Å². The third-order valence-corrected chi connectivity index (χ3v) is 5.86. The van der Waals surface area contributed by atoms with Crippen molar-refractivity contribution in [1.29, 1.82) is 0 Å². The maximum absolute atomic E-state index is 12.3. The number of nitrogens with one attached hydrogen (secondary N) is 2. The fourth-order valence-electron chi connectivity index (χ4n) is 2.71. The molecule has 1 aliphatic heterocycles. The summed E-state index contributed by atoms with van der Waals surface area (Å²) in [6.45, 7) is 1.92. The van der Waals surface area contributed by atoms with E-state index < -0.39 is 9.84 Å². The zero-order valence-electron chi connectivity index (χ0n) is 14.5. The third kappa shape index (κ3) is 5.45. The second-order valence-electron chi connectivity index (χ2n) is 6.13. The van der Waals surface area contributed by atoms with Gasteiger partial charge in [-0.1, -0.05) is 6.92 Å². The Morgan fingerprint density at radius 2 is 1.88 bits per heavy atom. The number of ether oxygens (including phenoxy) is 1. The SMILES string of the molecule is CCCC(=O)Nc1ccc(NC(=O)C2CCS(=O)(=O)CC2)cc1OC. The van der Waals surface area contributed by atoms with E-state index in [1.165, 1.54) is 7.11 Å². The molecule has 0 saturated carbocycles. The highest BCUT2D eigenvalue weighted by atomic mass is 32.2. The zero-order chi connectivity index (χ0) is 18.4. The van der Waals surface area contributed by atoms with Crippen LogP contribution >= 0.6 is 0 Å². The molecule has 1 fully saturated rings. The summed E-state index contributed by atoms with van der Waals surface area (Å²) in [4.78, 5) is 24.0. The number of rotatable bonds is 6. The monoisotopic (exact) mass is 368 g/mol. The predicted octanol–water partition coefficient (Wildman–Crippen LogP) is 2.20. The van der Waals surface area contributed by atoms with Crippen molar-refractivity contribution in [3.05, 3.63) is 18.2 Å². The summed E-state index contributed by atoms with van der Waals surface area (Å²) < 4.78 is 28.2. The molecule has 2 rings (SSSR count). The van der Waals surface area contributed by atoms with Gasteiger partial charge >= 0.3 is 0 Å². The van der Waals surface area contributed by atoms with Crippen LogP contribution in [0.4, 0.5) is 11.4 Å². The Balaban J connectivity index is 2.02. The van der Waals surface area contributed by atoms with Gasteiger partial charge in [-0.05, 0) is 31.4 Å². The van der Waals surface area contributed by atoms with Crippen LogP contribution in [0.2, 0.25) is 0 Å². The number of hydrogen-bond donors (Lipinski definition) is 2. The first-order valence-corrected chi connectivity index (χ1v) is 10.2. The molecule has 2 amide bonds. The molecule has 0 bridgehead atoms. The number of anilines is 2. The van der Waals surface area contributed by atoms with Crippen LogP contribution in [0.25, 0.3) is 0 Å². The van der Waals surface area contributed by atoms with E-state index in [4.69, 9.17) is 4.74 Å². The van der Waals surface area contributed by atoms with Crippen LogP contribution < -0.4 is 15.4 Å². The molecule has 25 heavy (non-hydrogen) atoms. The van der Waals surface area contributed by atoms with Gasteiger partial charge in [0, 0.05) is 24.1 Å². The summed E-state index contributed by atoms with van der Waals surface area (Å²) in [6, 6.07) is 4.99. The van der Waals surface area contributed by atoms with Crippen molar-refractivity contribution in [1.82, 2.24) is 0 Å². The van der Waals surface area contributed by atoms with Crippen LogP contribution in [0.1, 0.15) is 32.6 Å². The van der Waals surface area contributed by atoms with Crippen molar-refractivity contribution in [3.8, 4) is 5.75 Å². The Morgan fingerprint density at radius 1 is 1.20 bits per heavy atom. The molecule has 0 aromatic heterocycles. The van der Waals surface area contributed by atoms with Gasteiger partial charge in [-0.3, -0.25) is 9.59 Å². The van der Waals surface area contributed by atoms with Crippen LogP contribution in [0, 0.1) is 5.92 Å². The largest absolute Gasteiger partial charge is 0.494 e. The van der Waals surface area contributed by atoms with E-state index >= 15 is 0 Å². The zero-order valence-corrected chi connectivity index (χ0v) is 15.3. The molecule has 7 nitrogen and oxygen atoms in total. The molecule has 0 atom stereocenters. The fourth-order valence-corrected chi connectivity index (χ4v) is 4.20. The lowest BCUT2D eigenvalue weighted by Gasteiger charge is -2.21. The average molecular weight is 368 g/mol. The average Bonchev–Trinajstić information content (AvgIpc) is 2.56. The number of hydrogen-bond acceptors (Lipinski definition) is 5. The molecule has 0 radical (unpaired) electrons. The number of sulfone groups is 1. The first-order chi connectivity index (χ1) is 11.8. The highest BCUT2D eigenvalue weighted by Crippen LogP contribution is 2.29. The van der Waals surface area contributed by atoms with Crippen molar-refractivity contribution >= 4 is 33.0 Å². The Bertz CT molecular complexity index is 731. The molecule has 0 spiro atoms. The van der Waals surface area contributed by atoms with Crippen molar-refractivity contribution in [2.75, 3.05) is 29.2 Å². The van der Waals surface area contributed by atoms with Gasteiger partial charge in [0.25, 0.3) is 0 Å². The lowest BCUT2D eigenvalue weighted by molar-refractivity contribution is -0.120. The molecule has 138 valence electrons. The highest BCUT2D eigenvalue weighted by Gasteiger charge is 2.28. The van der Waals surface area contributed by atoms with Crippen LogP contribution in [0.15, 0.2) is 18.2 Å². The third-order valence-electron chi connectivity index (χ3n) is 4.15. The Labute approximate surface area is 148 Å². The summed E-state index contributed by atoms with van der Waals surface area (Å²) in [6.07, 6.45) is 1.86. The van der Waals surface area contributed by atoms with E-state index in [0.29, 0.717) is 36.4 Å². The fraction of sp³-hybridized carbons (Fsp3) is 0.529. The molecule has 1 aromatic rings. The molecule has 2 N–H and O–H groups in total. The number of methoxy groups -OCH3 is 1. The van der Waals surface area contributed by atoms with E-state index in [2.05, 4.69) is 10.6 Å². The topological polar surface area (TPSA) is 102 Å². The van der Waals surface area contributed by atoms with Gasteiger partial charge in [0.1, 0.15) is 15.6 Å². The van der Waals surface area contributed by atoms with E-state index in [-0.39, 0.29) is 29.2 Å². The summed E-state index contributed by atoms with van der Waals surface area (Å²) in [7, 11) is -1.51. The number of carbonyl (C=O) groups excluding carboxylic acids is 2. The molecule has 1 aliphatic rings. The van der Waals surface area contributed by atoms with Crippen molar-refractivity contribution in [2.24, 2.45) is 5.92 Å². The van der Waals surface area contributed by atoms with Crippen molar-refractivity contribution < 1.29 is 22.7 Å². The standard InChI is InChI=1S/C17H24N2O5S/c1-3-4-16(20)19-14-6-5-13(11-15(14)24-2)18-17(21)12-7-9-25(22,23)10-8-12/h5-6,11-12H,3-4,7-10H2,1-2H3,(H,18,21)(H,19,20). The minimum Gasteiger partial charge on any atom is -0.494 e. The van der Waals surface area contributed by atoms with Gasteiger partial charge in [-0.2, -0.15) is 0 Å². The molecule has 8 heteroatoms. The van der Waals surface area contributed by atoms with Crippen LogP contribution in [0.5, 0.6) is 5.75 Å². The first-order valence-electron chi connectivity index (χ1n) is 8.34. The highest BCUT2D eigenvalue weighted by molar-refractivity contribution is 7.91. The minimum absolute atomic E-state index is 0.0524. The predicted molar refractivity (Wildman–Crippen MR) is 96.5 cm³/mol. The van der Waals surface area contributed by atoms with Crippen LogP contribution in [0.3, 0.4) is 0 Å². The second-order valence-corrected chi connectivity index (χ2v) is 8.43. The Kier molecular flexibility index (Phi) is 6.41. The first kappa shape index (κ1) is 19.2. The molecule has 0 unspecified atom stereocenters. The van der Waals surface area contributed by atoms with E-state index in [1.807, 2.05) is 6.92 Å². The van der Waals surface area contributed by atoms with Gasteiger partial charge in [0.15, 0.2) is 0 Å². The maximum atomic E-state index is 12.3. The van der Waals surface area contributed by atoms with E-state index in [0.717, 1.165) is 6.42 Å². The van der Waals surface area contributed by atoms with Gasteiger partial charge in [-0.25, -0.2) is 8.42 Å². The normalized spacial score (nSPS) is 16.9. The molecule has 1 saturated heterocycles. The van der Waals surface area contributed by atoms with Crippen molar-refractivity contribution in [2.45, 2.75) is 32.6 Å². The molecular weight excluding hydrogens is 344 g/mol. The summed E-state index contributed by atoms with van der Waals surface area (Å²) in [5, 5.41) is 5.56. The molecule has 0 aliphatic carbocycles. The lowest BCUT2D eigenvalue weighted by Crippen LogP contribution is -2.31. The smallest absolute Gasteiger partial charge is 0.227 e. The summed E-state index contributed by atoms with van der Waals surface area (Å²) in [5.41, 5.74) is 1.09. The molecule has 1 heterocycles. The number of amides is 2. The van der Waals surface area contributed by atoms with Crippen LogP contribution in [-0.4, -0.2) is 38.8 Å².